The molecule has 2 rings (SSSR count). The molecule has 0 atom stereocenters. The van der Waals surface area contributed by atoms with Crippen LogP contribution in [0.1, 0.15) is 5.56 Å². The van der Waals surface area contributed by atoms with Crippen LogP contribution in [0.15, 0.2) is 54.6 Å². The Hall–Kier alpha value is -2.15. The van der Waals surface area contributed by atoms with Gasteiger partial charge in [-0.05, 0) is 29.8 Å². The molecule has 7 heteroatoms. The summed E-state index contributed by atoms with van der Waals surface area (Å²) >= 11 is 1.38. The van der Waals surface area contributed by atoms with Crippen molar-refractivity contribution >= 4 is 23.4 Å². The van der Waals surface area contributed by atoms with E-state index >= 15 is 0 Å². The van der Waals surface area contributed by atoms with Crippen LogP contribution in [0.2, 0.25) is 0 Å². The molecule has 23 heavy (non-hydrogen) atoms. The summed E-state index contributed by atoms with van der Waals surface area (Å²) in [7, 11) is 0. The number of para-hydroxylation sites is 1. The number of amides is 1. The van der Waals surface area contributed by atoms with Crippen LogP contribution < -0.4 is 10.1 Å². The minimum Gasteiger partial charge on any atom is -0.406 e. The Morgan fingerprint density at radius 1 is 1.04 bits per heavy atom. The molecule has 0 aliphatic carbocycles. The number of rotatable bonds is 6. The molecule has 0 aromatic heterocycles. The van der Waals surface area contributed by atoms with Gasteiger partial charge in [-0.2, -0.15) is 0 Å². The smallest absolute Gasteiger partial charge is 0.406 e. The molecule has 0 unspecified atom stereocenters. The summed E-state index contributed by atoms with van der Waals surface area (Å²) < 4.78 is 39.9. The summed E-state index contributed by atoms with van der Waals surface area (Å²) in [5.74, 6) is 0.399. The largest absolute Gasteiger partial charge is 0.573 e. The van der Waals surface area contributed by atoms with Crippen LogP contribution in [-0.4, -0.2) is 18.0 Å². The zero-order valence-electron chi connectivity index (χ0n) is 12.0. The Kier molecular flexibility index (Phi) is 5.92. The highest BCUT2D eigenvalue weighted by Crippen LogP contribution is 2.23. The molecule has 2 aromatic rings. The maximum atomic E-state index is 12.0. The van der Waals surface area contributed by atoms with Crippen molar-refractivity contribution in [3.63, 3.8) is 0 Å². The number of carbonyl (C=O) groups excluding carboxylic acids is 1. The van der Waals surface area contributed by atoms with Crippen molar-refractivity contribution in [3.05, 3.63) is 60.2 Å². The van der Waals surface area contributed by atoms with Gasteiger partial charge in [0.05, 0.1) is 5.75 Å². The fraction of sp³-hybridized carbons (Fsp3) is 0.188. The summed E-state index contributed by atoms with van der Waals surface area (Å²) in [6.45, 7) is 0. The fourth-order valence-corrected chi connectivity index (χ4v) is 2.56. The third-order valence-corrected chi connectivity index (χ3v) is 3.72. The normalized spacial score (nSPS) is 11.1. The molecule has 3 nitrogen and oxygen atoms in total. The van der Waals surface area contributed by atoms with E-state index in [4.69, 9.17) is 0 Å². The molecule has 0 saturated carbocycles. The van der Waals surface area contributed by atoms with Crippen molar-refractivity contribution in [2.75, 3.05) is 11.1 Å². The molecular weight excluding hydrogens is 327 g/mol. The standard InChI is InChI=1S/C16H14F3NO2S/c17-16(18,19)22-14-8-6-12(7-9-14)10-23-11-15(21)20-13-4-2-1-3-5-13/h1-9H,10-11H2,(H,20,21). The summed E-state index contributed by atoms with van der Waals surface area (Å²) in [4.78, 5) is 11.7. The topological polar surface area (TPSA) is 38.3 Å². The highest BCUT2D eigenvalue weighted by atomic mass is 32.2. The lowest BCUT2D eigenvalue weighted by Gasteiger charge is -2.09. The number of halogens is 3. The quantitative estimate of drug-likeness (QED) is 0.843. The van der Waals surface area contributed by atoms with E-state index < -0.39 is 6.36 Å². The van der Waals surface area contributed by atoms with Crippen molar-refractivity contribution in [2.45, 2.75) is 12.1 Å². The van der Waals surface area contributed by atoms with Crippen molar-refractivity contribution in [2.24, 2.45) is 0 Å². The van der Waals surface area contributed by atoms with E-state index in [1.54, 1.807) is 24.3 Å². The van der Waals surface area contributed by atoms with E-state index in [1.165, 1.54) is 23.9 Å². The van der Waals surface area contributed by atoms with Crippen LogP contribution in [0.5, 0.6) is 5.75 Å². The SMILES string of the molecule is O=C(CSCc1ccc(OC(F)(F)F)cc1)Nc1ccccc1. The number of alkyl halides is 3. The van der Waals surface area contributed by atoms with Gasteiger partial charge < -0.3 is 10.1 Å². The number of carbonyl (C=O) groups is 1. The first-order chi connectivity index (χ1) is 10.9. The number of benzene rings is 2. The van der Waals surface area contributed by atoms with E-state index in [0.29, 0.717) is 5.75 Å². The second kappa shape index (κ2) is 7.92. The lowest BCUT2D eigenvalue weighted by atomic mass is 10.2. The fourth-order valence-electron chi connectivity index (χ4n) is 1.77. The molecule has 0 saturated heterocycles. The molecule has 0 bridgehead atoms. The van der Waals surface area contributed by atoms with Crippen LogP contribution in [0.4, 0.5) is 18.9 Å². The van der Waals surface area contributed by atoms with E-state index in [9.17, 15) is 18.0 Å². The molecular formula is C16H14F3NO2S. The Balaban J connectivity index is 1.74. The van der Waals surface area contributed by atoms with Crippen LogP contribution >= 0.6 is 11.8 Å². The van der Waals surface area contributed by atoms with Gasteiger partial charge in [0.25, 0.3) is 0 Å². The van der Waals surface area contributed by atoms with E-state index in [2.05, 4.69) is 10.1 Å². The Bertz CT molecular complexity index is 630. The Morgan fingerprint density at radius 3 is 2.30 bits per heavy atom. The van der Waals surface area contributed by atoms with Gasteiger partial charge in [0.1, 0.15) is 5.75 Å². The van der Waals surface area contributed by atoms with Crippen molar-refractivity contribution < 1.29 is 22.7 Å². The maximum absolute atomic E-state index is 12.0. The number of anilines is 1. The molecule has 0 spiro atoms. The number of nitrogens with one attached hydrogen (secondary N) is 1. The Morgan fingerprint density at radius 2 is 1.70 bits per heavy atom. The monoisotopic (exact) mass is 341 g/mol. The van der Waals surface area contributed by atoms with E-state index in [-0.39, 0.29) is 17.4 Å². The predicted octanol–water partition coefficient (Wildman–Crippen LogP) is 4.46. The molecule has 0 fully saturated rings. The van der Waals surface area contributed by atoms with Gasteiger partial charge in [-0.15, -0.1) is 24.9 Å². The number of hydrogen-bond donors (Lipinski definition) is 1. The molecule has 0 heterocycles. The maximum Gasteiger partial charge on any atom is 0.573 e. The predicted molar refractivity (Wildman–Crippen MR) is 84.4 cm³/mol. The number of hydrogen-bond acceptors (Lipinski definition) is 3. The van der Waals surface area contributed by atoms with Gasteiger partial charge in [-0.1, -0.05) is 30.3 Å². The van der Waals surface area contributed by atoms with Gasteiger partial charge in [0, 0.05) is 11.4 Å². The number of ether oxygens (including phenoxy) is 1. The average Bonchev–Trinajstić information content (AvgIpc) is 2.48. The summed E-state index contributed by atoms with van der Waals surface area (Å²) in [5, 5.41) is 2.76. The summed E-state index contributed by atoms with van der Waals surface area (Å²) in [5.41, 5.74) is 1.55. The second-order valence-electron chi connectivity index (χ2n) is 4.60. The highest BCUT2D eigenvalue weighted by molar-refractivity contribution is 7.99. The molecule has 0 aliphatic rings. The van der Waals surface area contributed by atoms with Crippen molar-refractivity contribution in [3.8, 4) is 5.75 Å². The zero-order chi connectivity index (χ0) is 16.7. The molecule has 2 aromatic carbocycles. The lowest BCUT2D eigenvalue weighted by molar-refractivity contribution is -0.274. The first-order valence-corrected chi connectivity index (χ1v) is 7.85. The minimum atomic E-state index is -4.69. The van der Waals surface area contributed by atoms with Crippen LogP contribution in [0.25, 0.3) is 0 Å². The first-order valence-electron chi connectivity index (χ1n) is 6.70. The van der Waals surface area contributed by atoms with Crippen LogP contribution in [-0.2, 0) is 10.5 Å². The van der Waals surface area contributed by atoms with Crippen molar-refractivity contribution in [1.82, 2.24) is 0 Å². The lowest BCUT2D eigenvalue weighted by Crippen LogP contribution is -2.17. The second-order valence-corrected chi connectivity index (χ2v) is 5.58. The molecule has 1 amide bonds. The zero-order valence-corrected chi connectivity index (χ0v) is 12.8. The van der Waals surface area contributed by atoms with Crippen molar-refractivity contribution in [1.29, 1.82) is 0 Å². The third-order valence-electron chi connectivity index (χ3n) is 2.72. The Labute approximate surface area is 135 Å². The molecule has 0 radical (unpaired) electrons. The summed E-state index contributed by atoms with van der Waals surface area (Å²) in [6, 6.07) is 14.7. The molecule has 0 aliphatic heterocycles. The third kappa shape index (κ3) is 6.65. The van der Waals surface area contributed by atoms with Gasteiger partial charge in [0.2, 0.25) is 5.91 Å². The van der Waals surface area contributed by atoms with Gasteiger partial charge >= 0.3 is 6.36 Å². The van der Waals surface area contributed by atoms with Crippen LogP contribution in [0, 0.1) is 0 Å². The van der Waals surface area contributed by atoms with Gasteiger partial charge in [-0.25, -0.2) is 0 Å². The average molecular weight is 341 g/mol. The van der Waals surface area contributed by atoms with Gasteiger partial charge in [0.15, 0.2) is 0 Å². The molecule has 122 valence electrons. The number of thioether (sulfide) groups is 1. The summed E-state index contributed by atoms with van der Waals surface area (Å²) in [6.07, 6.45) is -4.69. The first kappa shape index (κ1) is 17.2. The minimum absolute atomic E-state index is 0.127. The van der Waals surface area contributed by atoms with Gasteiger partial charge in [-0.3, -0.25) is 4.79 Å². The van der Waals surface area contributed by atoms with E-state index in [1.807, 2.05) is 18.2 Å². The van der Waals surface area contributed by atoms with E-state index in [0.717, 1.165) is 11.3 Å². The molecule has 1 N–H and O–H groups in total. The van der Waals surface area contributed by atoms with Crippen LogP contribution in [0.3, 0.4) is 0 Å². The highest BCUT2D eigenvalue weighted by Gasteiger charge is 2.30.